The van der Waals surface area contributed by atoms with E-state index in [1.807, 2.05) is 37.4 Å². The van der Waals surface area contributed by atoms with Gasteiger partial charge in [-0.2, -0.15) is 0 Å². The summed E-state index contributed by atoms with van der Waals surface area (Å²) in [7, 11) is 0. The van der Waals surface area contributed by atoms with Crippen LogP contribution in [0.5, 0.6) is 5.75 Å². The summed E-state index contributed by atoms with van der Waals surface area (Å²) in [6.45, 7) is 4.41. The number of carboxylic acid groups (broad SMARTS) is 1. The third-order valence-corrected chi connectivity index (χ3v) is 6.43. The number of fused-ring (bicyclic) bond motifs is 1. The fourth-order valence-electron chi connectivity index (χ4n) is 4.43. The van der Waals surface area contributed by atoms with Crippen molar-refractivity contribution in [1.82, 2.24) is 35.3 Å². The molecule has 0 amide bonds. The van der Waals surface area contributed by atoms with Crippen LogP contribution < -0.4 is 10.2 Å². The van der Waals surface area contributed by atoms with Crippen LogP contribution in [0.2, 0.25) is 0 Å². The van der Waals surface area contributed by atoms with E-state index in [1.165, 1.54) is 12.8 Å². The maximum absolute atomic E-state index is 10.7. The molecule has 0 radical (unpaired) electrons. The molecule has 6 rings (SSSR count). The zero-order chi connectivity index (χ0) is 24.4. The van der Waals surface area contributed by atoms with E-state index in [0.717, 1.165) is 47.9 Å². The maximum Gasteiger partial charge on any atom is 0.290 e. The predicted molar refractivity (Wildman–Crippen MR) is 129 cm³/mol. The molecule has 1 saturated carbocycles. The van der Waals surface area contributed by atoms with Gasteiger partial charge in [-0.25, -0.2) is 9.50 Å². The minimum atomic E-state index is -0.250. The van der Waals surface area contributed by atoms with Gasteiger partial charge in [0.2, 0.25) is 5.95 Å². The van der Waals surface area contributed by atoms with Crippen LogP contribution in [-0.2, 0) is 4.79 Å². The van der Waals surface area contributed by atoms with Crippen molar-refractivity contribution in [3.63, 3.8) is 0 Å². The number of rotatable bonds is 4. The predicted octanol–water partition coefficient (Wildman–Crippen LogP) is 2.15. The fourth-order valence-corrected chi connectivity index (χ4v) is 4.43. The number of benzene rings is 1. The van der Waals surface area contributed by atoms with E-state index in [-0.39, 0.29) is 12.2 Å². The molecule has 4 heterocycles. The number of pyridine rings is 1. The molecular formula is C24H26N8O3. The lowest BCUT2D eigenvalue weighted by molar-refractivity contribution is -0.122. The Hall–Kier alpha value is -4.12. The standard InChI is InChI=1S/C23H24N8O.CH2O2/c1-14-21-7-5-17(12-31(21)29-26-14)16-4-6-18(22(32)10-16)19-11-25-23(28-27-19)30-9-8-24-20(13-30)15-2-3-15;2-1-3/h4-7,10-12,15,20,24,32H,2-3,8-9,13H2,1H3;1H,(H,2,3)/t20-;/m1./s1. The molecule has 1 aliphatic heterocycles. The number of aromatic hydroxyl groups is 1. The molecular weight excluding hydrogens is 448 g/mol. The third kappa shape index (κ3) is 4.76. The Labute approximate surface area is 201 Å². The molecule has 1 saturated heterocycles. The topological polar surface area (TPSA) is 142 Å². The summed E-state index contributed by atoms with van der Waals surface area (Å²) in [6.07, 6.45) is 6.22. The Balaban J connectivity index is 0.000000806. The molecule has 3 N–H and O–H groups in total. The van der Waals surface area contributed by atoms with Gasteiger partial charge in [0.15, 0.2) is 0 Å². The lowest BCUT2D eigenvalue weighted by atomic mass is 10.0. The first-order valence-electron chi connectivity index (χ1n) is 11.5. The van der Waals surface area contributed by atoms with E-state index in [2.05, 4.69) is 35.7 Å². The highest BCUT2D eigenvalue weighted by Gasteiger charge is 2.34. The molecule has 0 spiro atoms. The Bertz CT molecular complexity index is 1340. The number of hydrogen-bond acceptors (Lipinski definition) is 9. The van der Waals surface area contributed by atoms with Crippen LogP contribution in [0.25, 0.3) is 27.9 Å². The van der Waals surface area contributed by atoms with E-state index in [9.17, 15) is 5.11 Å². The summed E-state index contributed by atoms with van der Waals surface area (Å²) in [5, 5.41) is 38.1. The van der Waals surface area contributed by atoms with Crippen molar-refractivity contribution in [2.24, 2.45) is 5.92 Å². The van der Waals surface area contributed by atoms with Gasteiger partial charge in [-0.15, -0.1) is 15.3 Å². The van der Waals surface area contributed by atoms with Gasteiger partial charge in [-0.05, 0) is 49.4 Å². The van der Waals surface area contributed by atoms with Crippen molar-refractivity contribution in [2.45, 2.75) is 25.8 Å². The number of phenolic OH excluding ortho intramolecular Hbond substituents is 1. The molecule has 1 aliphatic carbocycles. The lowest BCUT2D eigenvalue weighted by Crippen LogP contribution is -2.52. The molecule has 35 heavy (non-hydrogen) atoms. The average Bonchev–Trinajstić information content (AvgIpc) is 3.68. The van der Waals surface area contributed by atoms with Gasteiger partial charge >= 0.3 is 0 Å². The van der Waals surface area contributed by atoms with Crippen molar-refractivity contribution < 1.29 is 15.0 Å². The van der Waals surface area contributed by atoms with E-state index < -0.39 is 0 Å². The molecule has 4 aromatic rings. The Morgan fingerprint density at radius 1 is 1.11 bits per heavy atom. The highest BCUT2D eigenvalue weighted by atomic mass is 16.3. The summed E-state index contributed by atoms with van der Waals surface area (Å²) < 4.78 is 1.74. The minimum Gasteiger partial charge on any atom is -0.507 e. The highest BCUT2D eigenvalue weighted by Crippen LogP contribution is 2.35. The number of nitrogens with zero attached hydrogens (tertiary/aromatic N) is 7. The first-order valence-corrected chi connectivity index (χ1v) is 11.5. The van der Waals surface area contributed by atoms with Crippen LogP contribution in [0.3, 0.4) is 0 Å². The normalized spacial score (nSPS) is 17.6. The second-order valence-electron chi connectivity index (χ2n) is 8.75. The molecule has 11 nitrogen and oxygen atoms in total. The Morgan fingerprint density at radius 3 is 2.63 bits per heavy atom. The first-order chi connectivity index (χ1) is 17.1. The van der Waals surface area contributed by atoms with Gasteiger partial charge in [-0.3, -0.25) is 4.79 Å². The quantitative estimate of drug-likeness (QED) is 0.377. The summed E-state index contributed by atoms with van der Waals surface area (Å²) in [4.78, 5) is 15.1. The van der Waals surface area contributed by atoms with Gasteiger partial charge < -0.3 is 20.4 Å². The molecule has 180 valence electrons. The monoisotopic (exact) mass is 474 g/mol. The van der Waals surface area contributed by atoms with Crippen molar-refractivity contribution in [3.05, 3.63) is 48.4 Å². The number of aryl methyl sites for hydroxylation is 1. The second kappa shape index (κ2) is 9.63. The Morgan fingerprint density at radius 2 is 1.91 bits per heavy atom. The summed E-state index contributed by atoms with van der Waals surface area (Å²) in [6, 6.07) is 10.0. The van der Waals surface area contributed by atoms with Gasteiger partial charge in [-0.1, -0.05) is 17.3 Å². The van der Waals surface area contributed by atoms with Crippen LogP contribution in [-0.4, -0.2) is 72.4 Å². The van der Waals surface area contributed by atoms with Crippen LogP contribution >= 0.6 is 0 Å². The number of carbonyl (C=O) groups is 1. The second-order valence-corrected chi connectivity index (χ2v) is 8.75. The van der Waals surface area contributed by atoms with Crippen molar-refractivity contribution >= 4 is 17.9 Å². The summed E-state index contributed by atoms with van der Waals surface area (Å²) in [5.74, 6) is 1.57. The molecule has 0 bridgehead atoms. The number of hydrogen-bond donors (Lipinski definition) is 3. The first kappa shape index (κ1) is 22.7. The molecule has 2 aliphatic rings. The number of aromatic nitrogens is 6. The minimum absolute atomic E-state index is 0.136. The SMILES string of the molecule is Cc1nnn2cc(-c3ccc(-c4cnc(N5CCN[C@@H](C6CC6)C5)nn4)c(O)c3)ccc12.O=CO. The lowest BCUT2D eigenvalue weighted by Gasteiger charge is -2.33. The molecule has 3 aromatic heterocycles. The van der Waals surface area contributed by atoms with E-state index >= 15 is 0 Å². The van der Waals surface area contributed by atoms with Gasteiger partial charge in [0.05, 0.1) is 17.4 Å². The number of phenols is 1. The zero-order valence-corrected chi connectivity index (χ0v) is 19.2. The van der Waals surface area contributed by atoms with E-state index in [1.54, 1.807) is 16.8 Å². The van der Waals surface area contributed by atoms with Crippen LogP contribution in [0, 0.1) is 12.8 Å². The molecule has 1 atom stereocenters. The van der Waals surface area contributed by atoms with Crippen LogP contribution in [0.1, 0.15) is 18.5 Å². The molecule has 1 aromatic carbocycles. The van der Waals surface area contributed by atoms with E-state index in [4.69, 9.17) is 9.90 Å². The average molecular weight is 475 g/mol. The Kier molecular flexibility index (Phi) is 6.23. The number of anilines is 1. The smallest absolute Gasteiger partial charge is 0.290 e. The summed E-state index contributed by atoms with van der Waals surface area (Å²) in [5.41, 5.74) is 4.82. The van der Waals surface area contributed by atoms with Crippen molar-refractivity contribution in [1.29, 1.82) is 0 Å². The van der Waals surface area contributed by atoms with Gasteiger partial charge in [0, 0.05) is 43.0 Å². The van der Waals surface area contributed by atoms with Crippen molar-refractivity contribution in [2.75, 3.05) is 24.5 Å². The van der Waals surface area contributed by atoms with E-state index in [0.29, 0.717) is 23.2 Å². The number of piperazine rings is 1. The largest absolute Gasteiger partial charge is 0.507 e. The fraction of sp³-hybridized carbons (Fsp3) is 0.333. The highest BCUT2D eigenvalue weighted by molar-refractivity contribution is 5.74. The number of nitrogens with one attached hydrogen (secondary N) is 1. The molecule has 0 unspecified atom stereocenters. The zero-order valence-electron chi connectivity index (χ0n) is 19.2. The summed E-state index contributed by atoms with van der Waals surface area (Å²) >= 11 is 0. The molecule has 11 heteroatoms. The third-order valence-electron chi connectivity index (χ3n) is 6.43. The van der Waals surface area contributed by atoms with Crippen LogP contribution in [0.4, 0.5) is 5.95 Å². The van der Waals surface area contributed by atoms with Gasteiger partial charge in [0.25, 0.3) is 6.47 Å². The van der Waals surface area contributed by atoms with Gasteiger partial charge in [0.1, 0.15) is 11.4 Å². The maximum atomic E-state index is 10.7. The van der Waals surface area contributed by atoms with Crippen molar-refractivity contribution in [3.8, 4) is 28.1 Å². The van der Waals surface area contributed by atoms with Crippen LogP contribution in [0.15, 0.2) is 42.7 Å². The molecule has 2 fully saturated rings.